The SMILES string of the molecule is CCCCCCCCC1(CCCCCCCC)c2cc(C=O)ccc2-c2cc3c(cc21)-c1ccc(C=O)cc1C3(CCCCCCCC)CCCCCCCC. The van der Waals surface area contributed by atoms with Crippen LogP contribution in [0.1, 0.15) is 250 Å². The summed E-state index contributed by atoms with van der Waals surface area (Å²) in [5.41, 5.74) is 12.9. The lowest BCUT2D eigenvalue weighted by atomic mass is 9.68. The van der Waals surface area contributed by atoms with Crippen molar-refractivity contribution in [1.82, 2.24) is 0 Å². The average Bonchev–Trinajstić information content (AvgIpc) is 3.64. The molecule has 2 aliphatic carbocycles. The van der Waals surface area contributed by atoms with E-state index in [9.17, 15) is 9.59 Å². The van der Waals surface area contributed by atoms with E-state index in [1.54, 1.807) is 0 Å². The minimum atomic E-state index is -0.0824. The highest BCUT2D eigenvalue weighted by Gasteiger charge is 2.48. The fourth-order valence-corrected chi connectivity index (χ4v) is 10.8. The molecule has 2 heteroatoms. The van der Waals surface area contributed by atoms with Gasteiger partial charge in [0, 0.05) is 22.0 Å². The molecule has 0 aliphatic heterocycles. The predicted octanol–water partition coefficient (Wildman–Crippen LogP) is 16.8. The highest BCUT2D eigenvalue weighted by Crippen LogP contribution is 2.61. The van der Waals surface area contributed by atoms with Crippen molar-refractivity contribution in [3.63, 3.8) is 0 Å². The molecule has 5 rings (SSSR count). The van der Waals surface area contributed by atoms with Crippen molar-refractivity contribution < 1.29 is 9.59 Å². The van der Waals surface area contributed by atoms with E-state index >= 15 is 0 Å². The summed E-state index contributed by atoms with van der Waals surface area (Å²) in [5.74, 6) is 0. The first kappa shape index (κ1) is 44.1. The van der Waals surface area contributed by atoms with Gasteiger partial charge in [-0.1, -0.05) is 206 Å². The van der Waals surface area contributed by atoms with E-state index in [2.05, 4.69) is 76.2 Å². The molecule has 0 aromatic heterocycles. The Morgan fingerprint density at radius 3 is 0.893 bits per heavy atom. The Morgan fingerprint density at radius 1 is 0.339 bits per heavy atom. The van der Waals surface area contributed by atoms with Gasteiger partial charge in [0.25, 0.3) is 0 Å². The minimum Gasteiger partial charge on any atom is -0.298 e. The molecule has 306 valence electrons. The largest absolute Gasteiger partial charge is 0.298 e. The van der Waals surface area contributed by atoms with Crippen molar-refractivity contribution in [2.45, 2.75) is 218 Å². The third kappa shape index (κ3) is 10.3. The van der Waals surface area contributed by atoms with Crippen LogP contribution >= 0.6 is 0 Å². The average molecular weight is 759 g/mol. The van der Waals surface area contributed by atoms with Crippen LogP contribution < -0.4 is 0 Å². The van der Waals surface area contributed by atoms with E-state index in [4.69, 9.17) is 0 Å². The van der Waals surface area contributed by atoms with Gasteiger partial charge in [-0.3, -0.25) is 9.59 Å². The first-order valence-corrected chi connectivity index (χ1v) is 23.9. The molecule has 0 atom stereocenters. The monoisotopic (exact) mass is 759 g/mol. The van der Waals surface area contributed by atoms with Gasteiger partial charge in [0.15, 0.2) is 0 Å². The molecule has 3 aromatic rings. The number of carbonyl (C=O) groups is 2. The number of benzene rings is 3. The van der Waals surface area contributed by atoms with E-state index in [1.807, 2.05) is 0 Å². The van der Waals surface area contributed by atoms with Gasteiger partial charge in [0.1, 0.15) is 12.6 Å². The van der Waals surface area contributed by atoms with E-state index in [0.29, 0.717) is 0 Å². The van der Waals surface area contributed by atoms with Crippen molar-refractivity contribution >= 4 is 12.6 Å². The van der Waals surface area contributed by atoms with Gasteiger partial charge < -0.3 is 0 Å². The third-order valence-corrected chi connectivity index (χ3v) is 14.0. The zero-order chi connectivity index (χ0) is 39.6. The van der Waals surface area contributed by atoms with Gasteiger partial charge in [-0.15, -0.1) is 0 Å². The zero-order valence-electron chi connectivity index (χ0n) is 36.4. The number of rotatable bonds is 30. The molecule has 0 radical (unpaired) electrons. The quantitative estimate of drug-likeness (QED) is 0.0501. The summed E-state index contributed by atoms with van der Waals surface area (Å²) in [6, 6.07) is 18.6. The number of fused-ring (bicyclic) bond motifs is 6. The van der Waals surface area contributed by atoms with Crippen molar-refractivity contribution in [1.29, 1.82) is 0 Å². The van der Waals surface area contributed by atoms with Gasteiger partial charge >= 0.3 is 0 Å². The van der Waals surface area contributed by atoms with Gasteiger partial charge in [-0.2, -0.15) is 0 Å². The van der Waals surface area contributed by atoms with E-state index in [1.165, 1.54) is 199 Å². The summed E-state index contributed by atoms with van der Waals surface area (Å²) < 4.78 is 0. The van der Waals surface area contributed by atoms with E-state index in [0.717, 1.165) is 49.4 Å². The fraction of sp³-hybridized carbons (Fsp3) is 0.630. The summed E-state index contributed by atoms with van der Waals surface area (Å²) in [7, 11) is 0. The van der Waals surface area contributed by atoms with Crippen molar-refractivity contribution in [3.05, 3.63) is 81.9 Å². The number of hydrogen-bond donors (Lipinski definition) is 0. The van der Waals surface area contributed by atoms with Crippen LogP contribution in [0.25, 0.3) is 22.3 Å². The Bertz CT molecular complexity index is 1510. The molecule has 0 fully saturated rings. The standard InChI is InChI=1S/C54H78O2/c1-5-9-13-17-21-25-33-53(34-26-22-18-14-10-6-2)49-37-43(41-55)29-31-45(49)47-40-52-48(39-51(47)53)46-32-30-44(42-56)38-50(46)54(52,35-27-23-19-15-11-7-3)36-28-24-20-16-12-8-4/h29-32,37-42H,5-28,33-36H2,1-4H3. The van der Waals surface area contributed by atoms with Crippen molar-refractivity contribution in [3.8, 4) is 22.3 Å². The zero-order valence-corrected chi connectivity index (χ0v) is 36.4. The Labute approximate surface area is 343 Å². The molecule has 0 N–H and O–H groups in total. The highest BCUT2D eigenvalue weighted by molar-refractivity contribution is 5.92. The van der Waals surface area contributed by atoms with Crippen LogP contribution in [0.2, 0.25) is 0 Å². The smallest absolute Gasteiger partial charge is 0.150 e. The summed E-state index contributed by atoms with van der Waals surface area (Å²) >= 11 is 0. The van der Waals surface area contributed by atoms with Crippen LogP contribution in [0, 0.1) is 0 Å². The maximum atomic E-state index is 12.4. The molecule has 2 nitrogen and oxygen atoms in total. The van der Waals surface area contributed by atoms with Crippen LogP contribution in [0.4, 0.5) is 0 Å². The first-order valence-electron chi connectivity index (χ1n) is 23.9. The molecule has 2 aliphatic rings. The third-order valence-electron chi connectivity index (χ3n) is 14.0. The number of hydrogen-bond acceptors (Lipinski definition) is 2. The Kier molecular flexibility index (Phi) is 18.0. The van der Waals surface area contributed by atoms with Crippen LogP contribution in [-0.4, -0.2) is 12.6 Å². The highest BCUT2D eigenvalue weighted by atomic mass is 16.1. The molecule has 56 heavy (non-hydrogen) atoms. The second-order valence-corrected chi connectivity index (χ2v) is 18.0. The van der Waals surface area contributed by atoms with Crippen LogP contribution in [-0.2, 0) is 10.8 Å². The Morgan fingerprint density at radius 2 is 0.607 bits per heavy atom. The molecule has 3 aromatic carbocycles. The topological polar surface area (TPSA) is 34.1 Å². The summed E-state index contributed by atoms with van der Waals surface area (Å²) in [6.45, 7) is 9.22. The van der Waals surface area contributed by atoms with Gasteiger partial charge in [-0.05, 0) is 94.5 Å². The second-order valence-electron chi connectivity index (χ2n) is 18.0. The number of unbranched alkanes of at least 4 members (excludes halogenated alkanes) is 20. The molecule has 0 bridgehead atoms. The van der Waals surface area contributed by atoms with Crippen molar-refractivity contribution in [2.24, 2.45) is 0 Å². The lowest BCUT2D eigenvalue weighted by molar-refractivity contribution is 0.111. The molecular formula is C54H78O2. The first-order chi connectivity index (χ1) is 27.5. The maximum absolute atomic E-state index is 12.4. The molecule has 0 heterocycles. The minimum absolute atomic E-state index is 0.0824. The lowest BCUT2D eigenvalue weighted by Crippen LogP contribution is -2.27. The maximum Gasteiger partial charge on any atom is 0.150 e. The molecule has 0 saturated heterocycles. The van der Waals surface area contributed by atoms with Crippen LogP contribution in [0.15, 0.2) is 48.5 Å². The van der Waals surface area contributed by atoms with Crippen LogP contribution in [0.3, 0.4) is 0 Å². The Balaban J connectivity index is 1.63. The van der Waals surface area contributed by atoms with Gasteiger partial charge in [-0.25, -0.2) is 0 Å². The second kappa shape index (κ2) is 22.8. The van der Waals surface area contributed by atoms with Gasteiger partial charge in [0.05, 0.1) is 0 Å². The normalized spacial score (nSPS) is 14.4. The summed E-state index contributed by atoms with van der Waals surface area (Å²) in [5, 5.41) is 0. The lowest BCUT2D eigenvalue weighted by Gasteiger charge is -2.35. The predicted molar refractivity (Wildman–Crippen MR) is 242 cm³/mol. The van der Waals surface area contributed by atoms with Crippen LogP contribution in [0.5, 0.6) is 0 Å². The molecule has 0 amide bonds. The van der Waals surface area contributed by atoms with E-state index in [-0.39, 0.29) is 10.8 Å². The van der Waals surface area contributed by atoms with Crippen molar-refractivity contribution in [2.75, 3.05) is 0 Å². The van der Waals surface area contributed by atoms with E-state index < -0.39 is 0 Å². The number of carbonyl (C=O) groups excluding carboxylic acids is 2. The Hall–Kier alpha value is -3.00. The molecular weight excluding hydrogens is 681 g/mol. The molecule has 0 saturated carbocycles. The number of aldehydes is 2. The molecule has 0 unspecified atom stereocenters. The fourth-order valence-electron chi connectivity index (χ4n) is 10.8. The summed E-state index contributed by atoms with van der Waals surface area (Å²) in [6.07, 6.45) is 37.7. The molecule has 0 spiro atoms. The van der Waals surface area contributed by atoms with Gasteiger partial charge in [0.2, 0.25) is 0 Å². The summed E-state index contributed by atoms with van der Waals surface area (Å²) in [4.78, 5) is 24.8.